The number of methoxy groups -OCH3 is 1. The van der Waals surface area contributed by atoms with Crippen LogP contribution in [0, 0.1) is 11.8 Å². The molecule has 4 rings (SSSR count). The van der Waals surface area contributed by atoms with Crippen LogP contribution in [0.1, 0.15) is 111 Å². The van der Waals surface area contributed by atoms with E-state index >= 15 is 0 Å². The van der Waals surface area contributed by atoms with Gasteiger partial charge in [0.25, 0.3) is 0 Å². The van der Waals surface area contributed by atoms with Crippen LogP contribution in [0.15, 0.2) is 58.7 Å². The number of carbonyl (C=O) groups excluding carboxylic acids is 3. The van der Waals surface area contributed by atoms with E-state index in [1.54, 1.807) is 53.7 Å². The molecule has 404 valence electrons. The van der Waals surface area contributed by atoms with Crippen LogP contribution in [-0.4, -0.2) is 153 Å². The van der Waals surface area contributed by atoms with Crippen molar-refractivity contribution in [3.63, 3.8) is 0 Å². The highest BCUT2D eigenvalue weighted by Gasteiger charge is 2.53. The standard InChI is InChI=1S/C52H74Cl2O18/c1-13-30-22-26(6)33(56)18-16-15-17-31(23-66-51-45(65-12)42(61)44(29(9)67-51)69-49(64)35-32(14-2)36(53)39(58)37(54)38(35)57)48(63)68-34(28(8)55)20-19-25(5)21-27(7)43(30)70-50-41(60)40(59)46(52(10,11)72-50)71-47(62)24(3)4/h15-17,19,21-22,24,28-30,33-34,40-46,50-51,55-61H,13-14,18,20,23H2,1-12H3/b16-15-,25-19-,26-22-,27-21-,31-17-/t28-,29-,30+,33-,34+,40-,41+,42+,43+,44-,45+,46+,50-,51-/m1/s1. The fourth-order valence-corrected chi connectivity index (χ4v) is 9.16. The van der Waals surface area contributed by atoms with Crippen molar-refractivity contribution in [3.8, 4) is 11.5 Å². The lowest BCUT2D eigenvalue weighted by molar-refractivity contribution is -0.333. The number of phenolic OH excluding ortho intramolecular Hbond substituents is 2. The Kier molecular flexibility index (Phi) is 22.4. The summed E-state index contributed by atoms with van der Waals surface area (Å²) in [5.74, 6) is -4.78. The van der Waals surface area contributed by atoms with Crippen LogP contribution in [0.25, 0.3) is 0 Å². The van der Waals surface area contributed by atoms with Gasteiger partial charge in [0.05, 0.1) is 47.5 Å². The molecule has 1 aromatic carbocycles. The number of aliphatic hydroxyl groups is 5. The summed E-state index contributed by atoms with van der Waals surface area (Å²) >= 11 is 12.3. The summed E-state index contributed by atoms with van der Waals surface area (Å²) in [6.07, 6.45) is -5.45. The van der Waals surface area contributed by atoms with E-state index in [1.165, 1.54) is 33.1 Å². The molecule has 3 aliphatic rings. The second-order valence-corrected chi connectivity index (χ2v) is 20.1. The summed E-state index contributed by atoms with van der Waals surface area (Å²) < 4.78 is 47.5. The Bertz CT molecular complexity index is 2220. The van der Waals surface area contributed by atoms with E-state index in [4.69, 9.17) is 61.1 Å². The largest absolute Gasteiger partial charge is 0.505 e. The Balaban J connectivity index is 1.61. The van der Waals surface area contributed by atoms with Gasteiger partial charge in [-0.15, -0.1) is 0 Å². The van der Waals surface area contributed by atoms with Gasteiger partial charge in [-0.2, -0.15) is 0 Å². The first-order valence-corrected chi connectivity index (χ1v) is 24.9. The van der Waals surface area contributed by atoms with Crippen molar-refractivity contribution < 1.29 is 88.0 Å². The molecule has 0 amide bonds. The van der Waals surface area contributed by atoms with Crippen LogP contribution in [0.3, 0.4) is 0 Å². The Morgan fingerprint density at radius 3 is 2.17 bits per heavy atom. The van der Waals surface area contributed by atoms with Crippen molar-refractivity contribution in [2.75, 3.05) is 13.7 Å². The quantitative estimate of drug-likeness (QED) is 0.0655. The van der Waals surface area contributed by atoms with E-state index in [0.717, 1.165) is 0 Å². The normalized spacial score (nSPS) is 34.8. The summed E-state index contributed by atoms with van der Waals surface area (Å²) in [5, 5.41) is 76.5. The Hall–Kier alpha value is -3.89. The van der Waals surface area contributed by atoms with Gasteiger partial charge in [-0.05, 0) is 90.5 Å². The van der Waals surface area contributed by atoms with Crippen LogP contribution in [0.5, 0.6) is 11.5 Å². The molecule has 0 bridgehead atoms. The Morgan fingerprint density at radius 2 is 1.57 bits per heavy atom. The Morgan fingerprint density at radius 1 is 0.903 bits per heavy atom. The Labute approximate surface area is 431 Å². The summed E-state index contributed by atoms with van der Waals surface area (Å²) in [6.45, 7) is 18.1. The lowest BCUT2D eigenvalue weighted by atomic mass is 9.88. The number of phenols is 2. The molecular weight excluding hydrogens is 983 g/mol. The highest BCUT2D eigenvalue weighted by molar-refractivity contribution is 6.39. The maximum Gasteiger partial charge on any atom is 0.342 e. The number of allylic oxidation sites excluding steroid dienone is 4. The van der Waals surface area contributed by atoms with Gasteiger partial charge >= 0.3 is 17.9 Å². The minimum atomic E-state index is -1.61. The number of hydrogen-bond donors (Lipinski definition) is 7. The van der Waals surface area contributed by atoms with Gasteiger partial charge in [0, 0.05) is 19.4 Å². The molecule has 0 unspecified atom stereocenters. The molecule has 3 heterocycles. The van der Waals surface area contributed by atoms with E-state index in [1.807, 2.05) is 32.9 Å². The molecule has 2 saturated heterocycles. The number of aliphatic hydroxyl groups excluding tert-OH is 5. The molecule has 0 aromatic heterocycles. The second kappa shape index (κ2) is 26.5. The van der Waals surface area contributed by atoms with E-state index in [9.17, 15) is 50.1 Å². The predicted octanol–water partition coefficient (Wildman–Crippen LogP) is 6.23. The maximum absolute atomic E-state index is 13.9. The third-order valence-corrected chi connectivity index (χ3v) is 13.8. The first kappa shape index (κ1) is 60.7. The third kappa shape index (κ3) is 14.7. The molecule has 0 spiro atoms. The number of aromatic hydroxyl groups is 2. The summed E-state index contributed by atoms with van der Waals surface area (Å²) in [5.41, 5.74) is 0.318. The molecule has 0 aliphatic carbocycles. The summed E-state index contributed by atoms with van der Waals surface area (Å²) in [6, 6.07) is 0. The van der Waals surface area contributed by atoms with Crippen molar-refractivity contribution in [1.82, 2.24) is 0 Å². The fraction of sp³-hybridized carbons (Fsp3) is 0.635. The number of esters is 3. The molecule has 14 atom stereocenters. The average Bonchev–Trinajstić information content (AvgIpc) is 3.32. The van der Waals surface area contributed by atoms with Crippen LogP contribution < -0.4 is 0 Å². The molecule has 0 radical (unpaired) electrons. The highest BCUT2D eigenvalue weighted by atomic mass is 35.5. The average molecular weight is 1060 g/mol. The molecule has 3 aliphatic heterocycles. The molecule has 20 heteroatoms. The molecule has 1 aromatic rings. The van der Waals surface area contributed by atoms with Gasteiger partial charge in [0.2, 0.25) is 0 Å². The molecular formula is C52H74Cl2O18. The van der Waals surface area contributed by atoms with Crippen LogP contribution in [0.4, 0.5) is 0 Å². The van der Waals surface area contributed by atoms with Crippen molar-refractivity contribution in [3.05, 3.63) is 79.9 Å². The number of cyclic esters (lactones) is 1. The van der Waals surface area contributed by atoms with Crippen molar-refractivity contribution in [2.45, 2.75) is 187 Å². The molecule has 2 fully saturated rings. The minimum Gasteiger partial charge on any atom is -0.505 e. The number of carbonyl (C=O) groups is 3. The number of rotatable bonds is 13. The molecule has 18 nitrogen and oxygen atoms in total. The van der Waals surface area contributed by atoms with Crippen molar-refractivity contribution >= 4 is 41.1 Å². The molecule has 7 N–H and O–H groups in total. The number of halogens is 2. The van der Waals surface area contributed by atoms with E-state index in [2.05, 4.69) is 0 Å². The fourth-order valence-electron chi connectivity index (χ4n) is 8.60. The van der Waals surface area contributed by atoms with Crippen LogP contribution >= 0.6 is 23.2 Å². The van der Waals surface area contributed by atoms with E-state index in [-0.39, 0.29) is 35.4 Å². The summed E-state index contributed by atoms with van der Waals surface area (Å²) in [7, 11) is 1.26. The van der Waals surface area contributed by atoms with E-state index in [0.29, 0.717) is 23.1 Å². The van der Waals surface area contributed by atoms with Crippen molar-refractivity contribution in [1.29, 1.82) is 0 Å². The third-order valence-electron chi connectivity index (χ3n) is 13.0. The smallest absolute Gasteiger partial charge is 0.342 e. The lowest BCUT2D eigenvalue weighted by Crippen LogP contribution is -2.64. The van der Waals surface area contributed by atoms with Gasteiger partial charge in [-0.3, -0.25) is 4.79 Å². The lowest BCUT2D eigenvalue weighted by Gasteiger charge is -2.47. The highest BCUT2D eigenvalue weighted by Crippen LogP contribution is 2.45. The zero-order chi connectivity index (χ0) is 54.1. The first-order chi connectivity index (χ1) is 33.7. The van der Waals surface area contributed by atoms with E-state index < -0.39 is 144 Å². The predicted molar refractivity (Wildman–Crippen MR) is 265 cm³/mol. The molecule has 0 saturated carbocycles. The van der Waals surface area contributed by atoms with Crippen molar-refractivity contribution in [2.24, 2.45) is 11.8 Å². The number of benzene rings is 1. The van der Waals surface area contributed by atoms with Gasteiger partial charge in [0.1, 0.15) is 46.7 Å². The zero-order valence-corrected chi connectivity index (χ0v) is 44.5. The van der Waals surface area contributed by atoms with Gasteiger partial charge in [0.15, 0.2) is 36.3 Å². The van der Waals surface area contributed by atoms with Gasteiger partial charge < -0.3 is 73.6 Å². The zero-order valence-electron chi connectivity index (χ0n) is 43.0. The summed E-state index contributed by atoms with van der Waals surface area (Å²) in [4.78, 5) is 40.0. The SMILES string of the molecule is CCc1c(Cl)c(O)c(Cl)c(O)c1C(=O)O[C@H]1[C@H](O)[C@H](OC)[C@H](OC/C2=C/C=C\C[C@@H](O)/C(C)=C\[C@H](CC)[C@@H](O[C@@H]3OC(C)(C)[C@@H](OC(=O)C(C)C)[C@H](O)[C@@H]3O)/C(C)=C\C(C)=C/C[C@@H]([C@@H](C)O)OC2=O)O[C@@H]1C. The minimum absolute atomic E-state index is 0.0372. The maximum atomic E-state index is 13.9. The first-order valence-electron chi connectivity index (χ1n) is 24.2. The van der Waals surface area contributed by atoms with Gasteiger partial charge in [-0.1, -0.05) is 86.9 Å². The number of hydrogen-bond acceptors (Lipinski definition) is 18. The second-order valence-electron chi connectivity index (χ2n) is 19.4. The molecule has 72 heavy (non-hydrogen) atoms. The van der Waals surface area contributed by atoms with Gasteiger partial charge in [-0.25, -0.2) is 9.59 Å². The monoisotopic (exact) mass is 1060 g/mol. The topological polar surface area (TPSA) is 267 Å². The van der Waals surface area contributed by atoms with Crippen LogP contribution in [0.2, 0.25) is 10.0 Å². The van der Waals surface area contributed by atoms with Crippen LogP contribution in [-0.2, 0) is 53.9 Å². The number of ether oxygens (including phenoxy) is 8.